The molecule has 0 unspecified atom stereocenters. The number of nitrogens with one attached hydrogen (secondary N) is 1. The minimum absolute atomic E-state index is 0.00190. The molecule has 1 saturated heterocycles. The van der Waals surface area contributed by atoms with Gasteiger partial charge in [0, 0.05) is 24.1 Å². The lowest BCUT2D eigenvalue weighted by atomic mass is 10.1. The number of rotatable bonds is 4. The summed E-state index contributed by atoms with van der Waals surface area (Å²) in [6.07, 6.45) is -2.86. The second-order valence-corrected chi connectivity index (χ2v) is 10.0. The zero-order valence-electron chi connectivity index (χ0n) is 21.2. The van der Waals surface area contributed by atoms with Gasteiger partial charge in [0.15, 0.2) is 5.17 Å². The maximum Gasteiger partial charge on any atom is 0.417 e. The number of carbonyl (C=O) groups is 2. The lowest BCUT2D eigenvalue weighted by Gasteiger charge is -2.38. The van der Waals surface area contributed by atoms with Crippen molar-refractivity contribution in [3.63, 3.8) is 0 Å². The van der Waals surface area contributed by atoms with Crippen molar-refractivity contribution in [1.82, 2.24) is 15.2 Å². The number of urea groups is 1. The van der Waals surface area contributed by atoms with Gasteiger partial charge < -0.3 is 5.32 Å². The zero-order valence-corrected chi connectivity index (χ0v) is 22.0. The normalized spacial score (nSPS) is 15.2. The Morgan fingerprint density at radius 3 is 2.41 bits per heavy atom. The molecular formula is C25H29F3N6O2S. The number of amidine groups is 1. The van der Waals surface area contributed by atoms with Crippen molar-refractivity contribution >= 4 is 34.6 Å². The summed E-state index contributed by atoms with van der Waals surface area (Å²) in [7, 11) is 0. The van der Waals surface area contributed by atoms with E-state index in [1.165, 1.54) is 0 Å². The first-order valence-electron chi connectivity index (χ1n) is 11.3. The highest BCUT2D eigenvalue weighted by molar-refractivity contribution is 8.14. The average Bonchev–Trinajstić information content (AvgIpc) is 2.82. The van der Waals surface area contributed by atoms with Gasteiger partial charge in [0.25, 0.3) is 5.91 Å². The largest absolute Gasteiger partial charge is 0.417 e. The van der Waals surface area contributed by atoms with E-state index in [1.54, 1.807) is 27.6 Å². The molecule has 1 N–H and O–H groups in total. The molecule has 1 aliphatic rings. The SMILES string of the molecule is CC(C)N1C(=O)N(c2ccccc2)CSC1=NC(C)(C)C.N#CCNC(=O)c1cnccc1C(F)(F)F. The van der Waals surface area contributed by atoms with Gasteiger partial charge in [0.05, 0.1) is 28.6 Å². The number of nitriles is 1. The summed E-state index contributed by atoms with van der Waals surface area (Å²) in [6.45, 7) is 9.83. The Labute approximate surface area is 218 Å². The minimum atomic E-state index is -4.62. The van der Waals surface area contributed by atoms with Gasteiger partial charge in [-0.15, -0.1) is 0 Å². The number of carbonyl (C=O) groups excluding carboxylic acids is 2. The van der Waals surface area contributed by atoms with Gasteiger partial charge in [-0.3, -0.25) is 24.6 Å². The van der Waals surface area contributed by atoms with Crippen LogP contribution in [0.3, 0.4) is 0 Å². The van der Waals surface area contributed by atoms with Gasteiger partial charge in [0.1, 0.15) is 6.54 Å². The number of para-hydroxylation sites is 1. The molecule has 12 heteroatoms. The van der Waals surface area contributed by atoms with Crippen LogP contribution in [0.5, 0.6) is 0 Å². The third kappa shape index (κ3) is 8.49. The van der Waals surface area contributed by atoms with Crippen LogP contribution in [0.25, 0.3) is 0 Å². The maximum absolute atomic E-state index is 12.8. The van der Waals surface area contributed by atoms with Gasteiger partial charge in [0.2, 0.25) is 0 Å². The van der Waals surface area contributed by atoms with Crippen LogP contribution in [0.15, 0.2) is 53.8 Å². The maximum atomic E-state index is 12.8. The van der Waals surface area contributed by atoms with Crippen molar-refractivity contribution in [3.8, 4) is 6.07 Å². The fourth-order valence-corrected chi connectivity index (χ4v) is 4.37. The van der Waals surface area contributed by atoms with Crippen LogP contribution in [-0.4, -0.2) is 51.0 Å². The summed E-state index contributed by atoms with van der Waals surface area (Å²) in [5, 5.41) is 11.0. The summed E-state index contributed by atoms with van der Waals surface area (Å²) in [6, 6.07) is 12.2. The van der Waals surface area contributed by atoms with E-state index in [1.807, 2.05) is 70.3 Å². The van der Waals surface area contributed by atoms with E-state index in [0.29, 0.717) is 11.9 Å². The number of hydrogen-bond acceptors (Lipinski definition) is 6. The number of hydrogen-bond donors (Lipinski definition) is 1. The molecule has 3 rings (SSSR count). The van der Waals surface area contributed by atoms with Crippen LogP contribution in [-0.2, 0) is 6.18 Å². The standard InChI is InChI=1S/C16H23N3OS.C9H6F3N3O/c1-12(2)19-14(17-16(3,4)5)21-11-18(15(19)20)13-9-7-6-8-10-13;10-9(11,12)7-1-3-14-5-6(7)8(16)15-4-2-13/h6-10,12H,11H2,1-5H3;1,3,5H,4H2,(H,15,16). The number of thioether (sulfide) groups is 1. The lowest BCUT2D eigenvalue weighted by molar-refractivity contribution is -0.138. The highest BCUT2D eigenvalue weighted by Gasteiger charge is 2.36. The topological polar surface area (TPSA) is 102 Å². The fraction of sp³-hybridized carbons (Fsp3) is 0.400. The molecule has 2 aromatic rings. The number of nitrogens with zero attached hydrogens (tertiary/aromatic N) is 5. The van der Waals surface area contributed by atoms with Crippen molar-refractivity contribution in [2.45, 2.75) is 52.4 Å². The number of alkyl halides is 3. The molecule has 1 aromatic heterocycles. The number of benzene rings is 1. The van der Waals surface area contributed by atoms with Crippen LogP contribution < -0.4 is 10.2 Å². The van der Waals surface area contributed by atoms with E-state index >= 15 is 0 Å². The molecule has 0 aliphatic carbocycles. The van der Waals surface area contributed by atoms with E-state index in [4.69, 9.17) is 10.3 Å². The van der Waals surface area contributed by atoms with E-state index in [-0.39, 0.29) is 24.2 Å². The van der Waals surface area contributed by atoms with Gasteiger partial charge in [-0.2, -0.15) is 18.4 Å². The van der Waals surface area contributed by atoms with Gasteiger partial charge >= 0.3 is 12.2 Å². The molecule has 0 saturated carbocycles. The minimum Gasteiger partial charge on any atom is -0.339 e. The van der Waals surface area contributed by atoms with Gasteiger partial charge in [-0.25, -0.2) is 4.79 Å². The Hall–Kier alpha value is -3.59. The molecule has 37 heavy (non-hydrogen) atoms. The number of aliphatic imine (C=N–C) groups is 1. The molecule has 0 bridgehead atoms. The predicted molar refractivity (Wildman–Crippen MR) is 138 cm³/mol. The predicted octanol–water partition coefficient (Wildman–Crippen LogP) is 5.54. The average molecular weight is 535 g/mol. The van der Waals surface area contributed by atoms with Crippen LogP contribution >= 0.6 is 11.8 Å². The van der Waals surface area contributed by atoms with Crippen molar-refractivity contribution in [2.75, 3.05) is 17.3 Å². The van der Waals surface area contributed by atoms with Crippen LogP contribution in [0.2, 0.25) is 0 Å². The molecule has 0 spiro atoms. The molecule has 198 valence electrons. The third-order valence-electron chi connectivity index (χ3n) is 4.68. The number of anilines is 1. The molecule has 1 aromatic carbocycles. The van der Waals surface area contributed by atoms with Crippen molar-refractivity contribution in [2.24, 2.45) is 4.99 Å². The first-order valence-corrected chi connectivity index (χ1v) is 12.3. The first-order chi connectivity index (χ1) is 17.3. The Kier molecular flexibility index (Phi) is 10.1. The van der Waals surface area contributed by atoms with Gasteiger partial charge in [-0.1, -0.05) is 30.0 Å². The smallest absolute Gasteiger partial charge is 0.339 e. The fourth-order valence-electron chi connectivity index (χ4n) is 3.10. The summed E-state index contributed by atoms with van der Waals surface area (Å²) < 4.78 is 37.4. The molecule has 1 aliphatic heterocycles. The zero-order chi connectivity index (χ0) is 27.8. The molecule has 1 fully saturated rings. The number of halogens is 3. The number of aromatic nitrogens is 1. The van der Waals surface area contributed by atoms with Crippen LogP contribution in [0.1, 0.15) is 50.5 Å². The van der Waals surface area contributed by atoms with E-state index in [2.05, 4.69) is 4.98 Å². The summed E-state index contributed by atoms with van der Waals surface area (Å²) in [5.41, 5.74) is -0.927. The van der Waals surface area contributed by atoms with Crippen LogP contribution in [0.4, 0.5) is 23.7 Å². The second-order valence-electron chi connectivity index (χ2n) is 9.11. The third-order valence-corrected chi connectivity index (χ3v) is 5.61. The summed E-state index contributed by atoms with van der Waals surface area (Å²) in [5.74, 6) is -0.372. The summed E-state index contributed by atoms with van der Waals surface area (Å²) >= 11 is 1.61. The summed E-state index contributed by atoms with van der Waals surface area (Å²) in [4.78, 5) is 35.8. The Bertz CT molecular complexity index is 1160. The quantitative estimate of drug-likeness (QED) is 0.520. The monoisotopic (exact) mass is 534 g/mol. The Balaban J connectivity index is 0.000000271. The first kappa shape index (κ1) is 29.6. The lowest BCUT2D eigenvalue weighted by Crippen LogP contribution is -2.53. The highest BCUT2D eigenvalue weighted by Crippen LogP contribution is 2.31. The molecule has 0 radical (unpaired) electrons. The van der Waals surface area contributed by atoms with Gasteiger partial charge in [-0.05, 0) is 52.8 Å². The van der Waals surface area contributed by atoms with E-state index < -0.39 is 23.2 Å². The highest BCUT2D eigenvalue weighted by atomic mass is 32.2. The number of pyridine rings is 1. The molecule has 0 atom stereocenters. The molecular weight excluding hydrogens is 505 g/mol. The molecule has 3 amide bonds. The van der Waals surface area contributed by atoms with E-state index in [9.17, 15) is 22.8 Å². The second kappa shape index (κ2) is 12.6. The Morgan fingerprint density at radius 1 is 1.22 bits per heavy atom. The van der Waals surface area contributed by atoms with E-state index in [0.717, 1.165) is 23.2 Å². The van der Waals surface area contributed by atoms with Crippen molar-refractivity contribution < 1.29 is 22.8 Å². The molecule has 2 heterocycles. The van der Waals surface area contributed by atoms with Crippen molar-refractivity contribution in [1.29, 1.82) is 5.26 Å². The number of amides is 3. The molecule has 8 nitrogen and oxygen atoms in total. The van der Waals surface area contributed by atoms with Crippen molar-refractivity contribution in [3.05, 3.63) is 59.9 Å². The Morgan fingerprint density at radius 2 is 1.86 bits per heavy atom. The van der Waals surface area contributed by atoms with Crippen LogP contribution in [0, 0.1) is 11.3 Å².